The molecule has 1 fully saturated rings. The second-order valence-electron chi connectivity index (χ2n) is 9.59. The number of hydrogen-bond donors (Lipinski definition) is 0. The largest absolute Gasteiger partial charge is 0.372 e. The van der Waals surface area contributed by atoms with Crippen LogP contribution in [-0.4, -0.2) is 54.0 Å². The van der Waals surface area contributed by atoms with Crippen LogP contribution in [0.25, 0.3) is 0 Å². The SMILES string of the molecule is CCN(CC)C1=C(N(CC)CC)C2(c3ccccc3)C(=O)N(c3ccccc3)C1N(c1ccccc1)C2=O. The summed E-state index contributed by atoms with van der Waals surface area (Å²) in [5.74, 6) is -0.398. The van der Waals surface area contributed by atoms with Gasteiger partial charge in [-0.3, -0.25) is 19.4 Å². The lowest BCUT2D eigenvalue weighted by Gasteiger charge is -2.60. The Kier molecular flexibility index (Phi) is 6.98. The van der Waals surface area contributed by atoms with Gasteiger partial charge in [0.25, 0.3) is 11.8 Å². The fraction of sp³-hybridized carbons (Fsp3) is 0.312. The Morgan fingerprint density at radius 3 is 1.39 bits per heavy atom. The molecule has 6 nitrogen and oxygen atoms in total. The first kappa shape index (κ1) is 25.6. The van der Waals surface area contributed by atoms with Crippen LogP contribution >= 0.6 is 0 Å². The second kappa shape index (κ2) is 10.4. The molecule has 3 aromatic rings. The number of fused-ring (bicyclic) bond motifs is 2. The van der Waals surface area contributed by atoms with Crippen LogP contribution in [0.15, 0.2) is 102 Å². The zero-order chi connectivity index (χ0) is 26.9. The lowest BCUT2D eigenvalue weighted by Crippen LogP contribution is -2.77. The molecule has 0 N–H and O–H groups in total. The quantitative estimate of drug-likeness (QED) is 0.371. The first-order valence-electron chi connectivity index (χ1n) is 13.6. The van der Waals surface area contributed by atoms with E-state index >= 15 is 0 Å². The van der Waals surface area contributed by atoms with Gasteiger partial charge in [-0.25, -0.2) is 0 Å². The van der Waals surface area contributed by atoms with Crippen LogP contribution in [0.1, 0.15) is 33.3 Å². The molecule has 0 aromatic heterocycles. The van der Waals surface area contributed by atoms with Crippen molar-refractivity contribution in [2.75, 3.05) is 36.0 Å². The van der Waals surface area contributed by atoms with E-state index in [-0.39, 0.29) is 11.8 Å². The number of carbonyl (C=O) groups excluding carboxylic acids is 2. The average molecular weight is 509 g/mol. The van der Waals surface area contributed by atoms with Crippen molar-refractivity contribution < 1.29 is 9.59 Å². The summed E-state index contributed by atoms with van der Waals surface area (Å²) >= 11 is 0. The van der Waals surface area contributed by atoms with Crippen molar-refractivity contribution >= 4 is 23.2 Å². The summed E-state index contributed by atoms with van der Waals surface area (Å²) in [6.07, 6.45) is -0.610. The van der Waals surface area contributed by atoms with E-state index < -0.39 is 11.6 Å². The third kappa shape index (κ3) is 3.62. The molecule has 3 aliphatic rings. The van der Waals surface area contributed by atoms with E-state index in [1.807, 2.05) is 101 Å². The Hall–Kier alpha value is -4.06. The molecule has 38 heavy (non-hydrogen) atoms. The number of amides is 2. The Balaban J connectivity index is 1.96. The van der Waals surface area contributed by atoms with Crippen LogP contribution in [0.3, 0.4) is 0 Å². The lowest BCUT2D eigenvalue weighted by atomic mass is 9.67. The predicted molar refractivity (Wildman–Crippen MR) is 153 cm³/mol. The Labute approximate surface area is 225 Å². The first-order chi connectivity index (χ1) is 18.6. The maximum atomic E-state index is 15.0. The van der Waals surface area contributed by atoms with Gasteiger partial charge in [-0.05, 0) is 57.5 Å². The molecule has 0 radical (unpaired) electrons. The number of benzene rings is 3. The van der Waals surface area contributed by atoms with Gasteiger partial charge in [-0.15, -0.1) is 0 Å². The molecule has 2 amide bonds. The molecular weight excluding hydrogens is 472 g/mol. The molecule has 6 heteroatoms. The molecule has 3 aromatic carbocycles. The van der Waals surface area contributed by atoms with Crippen LogP contribution in [0, 0.1) is 0 Å². The highest BCUT2D eigenvalue weighted by Crippen LogP contribution is 2.53. The maximum absolute atomic E-state index is 15.0. The molecule has 196 valence electrons. The number of likely N-dealkylation sites (N-methyl/N-ethyl adjacent to an activating group) is 2. The molecule has 3 heterocycles. The van der Waals surface area contributed by atoms with Crippen molar-refractivity contribution in [3.8, 4) is 0 Å². The summed E-state index contributed by atoms with van der Waals surface area (Å²) in [7, 11) is 0. The molecule has 0 atom stereocenters. The van der Waals surface area contributed by atoms with Crippen molar-refractivity contribution in [1.29, 1.82) is 0 Å². The molecule has 1 saturated heterocycles. The standard InChI is InChI=1S/C32H36N4O2/c1-5-33(6-2)27-28(34(7-3)8-4)32(24-18-12-9-13-19-24)30(37)35(25-20-14-10-15-21-25)29(27)36(31(32)38)26-22-16-11-17-23-26/h9-23,29H,5-8H2,1-4H3. The van der Waals surface area contributed by atoms with Crippen LogP contribution in [-0.2, 0) is 15.0 Å². The number of anilines is 2. The summed E-state index contributed by atoms with van der Waals surface area (Å²) in [4.78, 5) is 38.2. The van der Waals surface area contributed by atoms with Gasteiger partial charge in [0.2, 0.25) is 0 Å². The second-order valence-corrected chi connectivity index (χ2v) is 9.59. The van der Waals surface area contributed by atoms with Crippen LogP contribution in [0.2, 0.25) is 0 Å². The van der Waals surface area contributed by atoms with Crippen LogP contribution < -0.4 is 9.80 Å². The minimum Gasteiger partial charge on any atom is -0.372 e. The third-order valence-electron chi connectivity index (χ3n) is 7.87. The maximum Gasteiger partial charge on any atom is 0.255 e. The van der Waals surface area contributed by atoms with Crippen molar-refractivity contribution in [2.45, 2.75) is 39.3 Å². The van der Waals surface area contributed by atoms with E-state index in [0.717, 1.165) is 35.9 Å². The average Bonchev–Trinajstić information content (AvgIpc) is 2.97. The topological polar surface area (TPSA) is 47.1 Å². The van der Waals surface area contributed by atoms with Gasteiger partial charge in [0.1, 0.15) is 0 Å². The number of carbonyl (C=O) groups is 2. The molecule has 0 spiro atoms. The van der Waals surface area contributed by atoms with Crippen molar-refractivity contribution in [1.82, 2.24) is 9.80 Å². The summed E-state index contributed by atoms with van der Waals surface area (Å²) < 4.78 is 0. The van der Waals surface area contributed by atoms with E-state index in [2.05, 4.69) is 37.5 Å². The molecule has 0 aliphatic carbocycles. The number of nitrogens with zero attached hydrogens (tertiary/aromatic N) is 4. The Morgan fingerprint density at radius 2 is 1.00 bits per heavy atom. The van der Waals surface area contributed by atoms with Gasteiger partial charge < -0.3 is 9.80 Å². The molecule has 0 saturated carbocycles. The smallest absolute Gasteiger partial charge is 0.255 e. The molecule has 2 bridgehead atoms. The van der Waals surface area contributed by atoms with Gasteiger partial charge in [-0.1, -0.05) is 66.7 Å². The van der Waals surface area contributed by atoms with Crippen molar-refractivity contribution in [3.05, 3.63) is 108 Å². The van der Waals surface area contributed by atoms with E-state index in [1.165, 1.54) is 0 Å². The van der Waals surface area contributed by atoms with Gasteiger partial charge in [0, 0.05) is 37.6 Å². The molecule has 6 rings (SSSR count). The summed E-state index contributed by atoms with van der Waals surface area (Å²) in [5, 5.41) is 0. The van der Waals surface area contributed by atoms with E-state index in [0.29, 0.717) is 18.7 Å². The predicted octanol–water partition coefficient (Wildman–Crippen LogP) is 5.24. The molecule has 3 aliphatic heterocycles. The van der Waals surface area contributed by atoms with Crippen LogP contribution in [0.5, 0.6) is 0 Å². The first-order valence-corrected chi connectivity index (χ1v) is 13.6. The number of rotatable bonds is 9. The fourth-order valence-corrected chi connectivity index (χ4v) is 6.13. The molecule has 0 unspecified atom stereocenters. The van der Waals surface area contributed by atoms with Gasteiger partial charge >= 0.3 is 0 Å². The van der Waals surface area contributed by atoms with Gasteiger partial charge in [0.05, 0.1) is 11.4 Å². The number of hydrogen-bond acceptors (Lipinski definition) is 4. The highest BCUT2D eigenvalue weighted by Gasteiger charge is 2.68. The molecular formula is C32H36N4O2. The van der Waals surface area contributed by atoms with E-state index in [1.54, 1.807) is 0 Å². The van der Waals surface area contributed by atoms with E-state index in [4.69, 9.17) is 0 Å². The van der Waals surface area contributed by atoms with Gasteiger partial charge in [-0.2, -0.15) is 0 Å². The summed E-state index contributed by atoms with van der Waals surface area (Å²) in [6.45, 7) is 11.3. The highest BCUT2D eigenvalue weighted by molar-refractivity contribution is 6.28. The third-order valence-corrected chi connectivity index (χ3v) is 7.87. The Morgan fingerprint density at radius 1 is 0.605 bits per heavy atom. The monoisotopic (exact) mass is 508 g/mol. The summed E-state index contributed by atoms with van der Waals surface area (Å²) in [5.41, 5.74) is 2.55. The van der Waals surface area contributed by atoms with Crippen molar-refractivity contribution in [2.24, 2.45) is 0 Å². The zero-order valence-electron chi connectivity index (χ0n) is 22.7. The Bertz CT molecular complexity index is 1260. The van der Waals surface area contributed by atoms with Gasteiger partial charge in [0.15, 0.2) is 11.6 Å². The van der Waals surface area contributed by atoms with Crippen molar-refractivity contribution in [3.63, 3.8) is 0 Å². The fourth-order valence-electron chi connectivity index (χ4n) is 6.13. The zero-order valence-corrected chi connectivity index (χ0v) is 22.7. The number of para-hydroxylation sites is 2. The normalized spacial score (nSPS) is 20.8. The minimum absolute atomic E-state index is 0.199. The highest BCUT2D eigenvalue weighted by atomic mass is 16.2. The van der Waals surface area contributed by atoms with Crippen LogP contribution in [0.4, 0.5) is 11.4 Å². The van der Waals surface area contributed by atoms with E-state index in [9.17, 15) is 9.59 Å². The minimum atomic E-state index is -1.52. The lowest BCUT2D eigenvalue weighted by molar-refractivity contribution is -0.138. The summed E-state index contributed by atoms with van der Waals surface area (Å²) in [6, 6.07) is 29.1.